The van der Waals surface area contributed by atoms with E-state index in [1.807, 2.05) is 6.07 Å². The minimum atomic E-state index is -3.77. The molecule has 0 fully saturated rings. The Bertz CT molecular complexity index is 888. The molecule has 1 aliphatic heterocycles. The fraction of sp³-hybridized carbons (Fsp3) is 0.294. The molecule has 0 amide bonds. The van der Waals surface area contributed by atoms with Gasteiger partial charge in [-0.3, -0.25) is 0 Å². The Labute approximate surface area is 152 Å². The molecule has 2 heterocycles. The van der Waals surface area contributed by atoms with Gasteiger partial charge in [-0.05, 0) is 49.2 Å². The summed E-state index contributed by atoms with van der Waals surface area (Å²) in [5.74, 6) is 0. The van der Waals surface area contributed by atoms with Gasteiger partial charge in [0.15, 0.2) is 0 Å². The standard InChI is InChI=1S/C17H18Cl2N2O2S/c1-20-9-3-4-13(7-10-20)14-8-11-21(12-14)24(22,23)16-6-2-5-15(18)17(16)19/h2,4-6,8,11-12H,3,7,9-10H2,1H3. The molecule has 1 aromatic heterocycles. The smallest absolute Gasteiger partial charge is 0.269 e. The van der Waals surface area contributed by atoms with Crippen LogP contribution < -0.4 is 0 Å². The maximum Gasteiger partial charge on any atom is 0.269 e. The molecule has 1 aromatic carbocycles. The summed E-state index contributed by atoms with van der Waals surface area (Å²) in [6.45, 7) is 1.98. The molecule has 0 aliphatic carbocycles. The van der Waals surface area contributed by atoms with E-state index >= 15 is 0 Å². The van der Waals surface area contributed by atoms with E-state index in [0.717, 1.165) is 31.5 Å². The first-order chi connectivity index (χ1) is 11.4. The third kappa shape index (κ3) is 3.40. The van der Waals surface area contributed by atoms with Crippen molar-refractivity contribution in [2.75, 3.05) is 20.1 Å². The number of rotatable bonds is 3. The van der Waals surface area contributed by atoms with Gasteiger partial charge in [-0.15, -0.1) is 0 Å². The fourth-order valence-corrected chi connectivity index (χ4v) is 4.70. The van der Waals surface area contributed by atoms with Crippen LogP contribution in [0.5, 0.6) is 0 Å². The summed E-state index contributed by atoms with van der Waals surface area (Å²) in [4.78, 5) is 2.27. The maximum absolute atomic E-state index is 12.8. The molecule has 4 nitrogen and oxygen atoms in total. The van der Waals surface area contributed by atoms with Crippen molar-refractivity contribution >= 4 is 38.8 Å². The van der Waals surface area contributed by atoms with Gasteiger partial charge in [-0.25, -0.2) is 12.4 Å². The zero-order valence-corrected chi connectivity index (χ0v) is 15.6. The SMILES string of the molecule is CN1CCC=C(c2ccn(S(=O)(=O)c3cccc(Cl)c3Cl)c2)CC1. The fourth-order valence-electron chi connectivity index (χ4n) is 2.76. The first-order valence-electron chi connectivity index (χ1n) is 7.65. The van der Waals surface area contributed by atoms with Gasteiger partial charge in [-0.2, -0.15) is 0 Å². The van der Waals surface area contributed by atoms with Crippen molar-refractivity contribution in [2.24, 2.45) is 0 Å². The Balaban J connectivity index is 1.95. The Morgan fingerprint density at radius 2 is 1.92 bits per heavy atom. The van der Waals surface area contributed by atoms with Gasteiger partial charge in [-0.1, -0.05) is 35.3 Å². The molecule has 2 aromatic rings. The van der Waals surface area contributed by atoms with Gasteiger partial charge in [0.2, 0.25) is 0 Å². The van der Waals surface area contributed by atoms with Gasteiger partial charge in [0.05, 0.1) is 10.0 Å². The van der Waals surface area contributed by atoms with Crippen molar-refractivity contribution in [3.8, 4) is 0 Å². The summed E-state index contributed by atoms with van der Waals surface area (Å²) in [5.41, 5.74) is 2.09. The molecule has 128 valence electrons. The van der Waals surface area contributed by atoms with Gasteiger partial charge < -0.3 is 4.90 Å². The Hall–Kier alpha value is -1.27. The second-order valence-corrected chi connectivity index (χ2v) is 8.46. The highest BCUT2D eigenvalue weighted by Gasteiger charge is 2.22. The van der Waals surface area contributed by atoms with Crippen LogP contribution in [-0.2, 0) is 10.0 Å². The molecule has 0 saturated heterocycles. The summed E-state index contributed by atoms with van der Waals surface area (Å²) < 4.78 is 26.8. The predicted octanol–water partition coefficient (Wildman–Crippen LogP) is 4.14. The molecule has 0 spiro atoms. The predicted molar refractivity (Wildman–Crippen MR) is 98.2 cm³/mol. The first-order valence-corrected chi connectivity index (χ1v) is 9.85. The summed E-state index contributed by atoms with van der Waals surface area (Å²) in [6.07, 6.45) is 7.24. The molecule has 0 unspecified atom stereocenters. The highest BCUT2D eigenvalue weighted by atomic mass is 35.5. The molecule has 24 heavy (non-hydrogen) atoms. The largest absolute Gasteiger partial charge is 0.306 e. The molecule has 0 atom stereocenters. The third-order valence-corrected chi connectivity index (χ3v) is 6.78. The number of hydrogen-bond donors (Lipinski definition) is 0. The van der Waals surface area contributed by atoms with Gasteiger partial charge >= 0.3 is 0 Å². The van der Waals surface area contributed by atoms with Crippen molar-refractivity contribution in [2.45, 2.75) is 17.7 Å². The molecule has 0 bridgehead atoms. The van der Waals surface area contributed by atoms with E-state index in [4.69, 9.17) is 23.2 Å². The van der Waals surface area contributed by atoms with Crippen LogP contribution in [-0.4, -0.2) is 37.4 Å². The minimum Gasteiger partial charge on any atom is -0.306 e. The van der Waals surface area contributed by atoms with Crippen LogP contribution in [0.1, 0.15) is 18.4 Å². The Morgan fingerprint density at radius 1 is 1.12 bits per heavy atom. The number of aromatic nitrogens is 1. The second kappa shape index (κ2) is 6.92. The molecule has 7 heteroatoms. The van der Waals surface area contributed by atoms with Crippen LogP contribution >= 0.6 is 23.2 Å². The average molecular weight is 385 g/mol. The van der Waals surface area contributed by atoms with Gasteiger partial charge in [0.25, 0.3) is 10.0 Å². The summed E-state index contributed by atoms with van der Waals surface area (Å²) >= 11 is 12.0. The lowest BCUT2D eigenvalue weighted by Gasteiger charge is -2.12. The van der Waals surface area contributed by atoms with E-state index in [0.29, 0.717) is 0 Å². The van der Waals surface area contributed by atoms with E-state index < -0.39 is 10.0 Å². The van der Waals surface area contributed by atoms with Crippen molar-refractivity contribution in [1.29, 1.82) is 0 Å². The Morgan fingerprint density at radius 3 is 2.71 bits per heavy atom. The lowest BCUT2D eigenvalue weighted by molar-refractivity contribution is 0.355. The molecule has 0 saturated carbocycles. The first kappa shape index (κ1) is 17.5. The zero-order valence-electron chi connectivity index (χ0n) is 13.2. The van der Waals surface area contributed by atoms with Crippen LogP contribution in [0.3, 0.4) is 0 Å². The topological polar surface area (TPSA) is 42.3 Å². The summed E-state index contributed by atoms with van der Waals surface area (Å²) in [6, 6.07) is 6.43. The summed E-state index contributed by atoms with van der Waals surface area (Å²) in [5, 5.41) is 0.268. The molecular weight excluding hydrogens is 367 g/mol. The molecule has 0 radical (unpaired) electrons. The summed E-state index contributed by atoms with van der Waals surface area (Å²) in [7, 11) is -1.68. The number of hydrogen-bond acceptors (Lipinski definition) is 3. The van der Waals surface area contributed by atoms with Crippen molar-refractivity contribution < 1.29 is 8.42 Å². The average Bonchev–Trinajstić information content (AvgIpc) is 2.94. The minimum absolute atomic E-state index is 0.00777. The maximum atomic E-state index is 12.8. The van der Waals surface area contributed by atoms with Crippen LogP contribution in [0.4, 0.5) is 0 Å². The van der Waals surface area contributed by atoms with Gasteiger partial charge in [0.1, 0.15) is 4.90 Å². The monoisotopic (exact) mass is 384 g/mol. The van der Waals surface area contributed by atoms with E-state index in [1.165, 1.54) is 15.6 Å². The third-order valence-electron chi connectivity index (χ3n) is 4.17. The lowest BCUT2D eigenvalue weighted by Crippen LogP contribution is -2.18. The Kier molecular flexibility index (Phi) is 5.06. The van der Waals surface area contributed by atoms with Gasteiger partial charge in [0, 0.05) is 25.5 Å². The van der Waals surface area contributed by atoms with Crippen LogP contribution in [0, 0.1) is 0 Å². The van der Waals surface area contributed by atoms with Crippen LogP contribution in [0.15, 0.2) is 47.6 Å². The number of nitrogens with zero attached hydrogens (tertiary/aromatic N) is 2. The van der Waals surface area contributed by atoms with E-state index in [9.17, 15) is 8.42 Å². The van der Waals surface area contributed by atoms with Crippen molar-refractivity contribution in [3.05, 3.63) is 58.3 Å². The highest BCUT2D eigenvalue weighted by Crippen LogP contribution is 2.31. The van der Waals surface area contributed by atoms with E-state index in [2.05, 4.69) is 18.0 Å². The number of benzene rings is 1. The molecule has 3 rings (SSSR count). The quantitative estimate of drug-likeness (QED) is 0.798. The van der Waals surface area contributed by atoms with E-state index in [-0.39, 0.29) is 14.9 Å². The number of halogens is 2. The van der Waals surface area contributed by atoms with Crippen molar-refractivity contribution in [3.63, 3.8) is 0 Å². The molecule has 1 aliphatic rings. The van der Waals surface area contributed by atoms with Crippen LogP contribution in [0.2, 0.25) is 10.0 Å². The van der Waals surface area contributed by atoms with Crippen LogP contribution in [0.25, 0.3) is 5.57 Å². The molecular formula is C17H18Cl2N2O2S. The normalized spacial score (nSPS) is 16.7. The van der Waals surface area contributed by atoms with Crippen molar-refractivity contribution in [1.82, 2.24) is 8.87 Å². The second-order valence-electron chi connectivity index (χ2n) is 5.86. The highest BCUT2D eigenvalue weighted by molar-refractivity contribution is 7.90. The molecule has 0 N–H and O–H groups in total. The van der Waals surface area contributed by atoms with E-state index in [1.54, 1.807) is 24.5 Å². The lowest BCUT2D eigenvalue weighted by atomic mass is 10.1. The zero-order chi connectivity index (χ0) is 17.3.